The zero-order valence-electron chi connectivity index (χ0n) is 22.4. The minimum absolute atomic E-state index is 0.409. The molecule has 5 rings (SSSR count). The van der Waals surface area contributed by atoms with Crippen LogP contribution in [0.3, 0.4) is 0 Å². The summed E-state index contributed by atoms with van der Waals surface area (Å²) in [6.45, 7) is 6.93. The van der Waals surface area contributed by atoms with Crippen molar-refractivity contribution in [2.24, 2.45) is 0 Å². The second kappa shape index (κ2) is 9.95. The van der Waals surface area contributed by atoms with E-state index in [1.165, 1.54) is 0 Å². The van der Waals surface area contributed by atoms with Crippen LogP contribution in [0.5, 0.6) is 11.5 Å². The van der Waals surface area contributed by atoms with Gasteiger partial charge in [-0.25, -0.2) is 9.59 Å². The molecule has 0 spiro atoms. The highest BCUT2D eigenvalue weighted by molar-refractivity contribution is 5.86. The lowest BCUT2D eigenvalue weighted by atomic mass is 9.66. The molecule has 1 aliphatic rings. The Labute approximate surface area is 227 Å². The summed E-state index contributed by atoms with van der Waals surface area (Å²) in [7, 11) is 0. The molecule has 6 heteroatoms. The van der Waals surface area contributed by atoms with Gasteiger partial charge in [0.05, 0.1) is 5.41 Å². The summed E-state index contributed by atoms with van der Waals surface area (Å²) in [5, 5.41) is 18.3. The molecule has 0 aromatic heterocycles. The molecular weight excluding hydrogens is 492 g/mol. The predicted octanol–water partition coefficient (Wildman–Crippen LogP) is 6.21. The number of carboxylic acid groups (broad SMARTS) is 2. The summed E-state index contributed by atoms with van der Waals surface area (Å²) in [5.74, 6) is -0.908. The van der Waals surface area contributed by atoms with E-state index in [1.807, 2.05) is 52.0 Å². The lowest BCUT2D eigenvalue weighted by molar-refractivity contribution is -0.140. The molecule has 4 aromatic rings. The lowest BCUT2D eigenvalue weighted by Gasteiger charge is -2.35. The molecule has 0 saturated carbocycles. The quantitative estimate of drug-likeness (QED) is 0.252. The number of aryl methyl sites for hydroxylation is 4. The molecule has 0 atom stereocenters. The van der Waals surface area contributed by atoms with Crippen LogP contribution < -0.4 is 9.47 Å². The first-order chi connectivity index (χ1) is 18.6. The van der Waals surface area contributed by atoms with Crippen LogP contribution >= 0.6 is 0 Å². The molecular formula is C33H30O6. The molecule has 0 saturated heterocycles. The van der Waals surface area contributed by atoms with Gasteiger partial charge < -0.3 is 19.7 Å². The second-order valence-electron chi connectivity index (χ2n) is 10.1. The van der Waals surface area contributed by atoms with Crippen LogP contribution in [0.1, 0.15) is 44.5 Å². The number of aliphatic carboxylic acids is 2. The third kappa shape index (κ3) is 4.32. The molecule has 0 amide bonds. The third-order valence-electron chi connectivity index (χ3n) is 7.42. The number of benzene rings is 4. The van der Waals surface area contributed by atoms with Crippen molar-refractivity contribution in [3.05, 3.63) is 117 Å². The topological polar surface area (TPSA) is 93.1 Å². The SMILES string of the molecule is Cc1cc(C2(c3cc(C)c(OCC(=O)O)c(C)c3)c3ccccc3-c3ccccc32)cc(C)c1OCC(=O)O. The first-order valence-electron chi connectivity index (χ1n) is 12.8. The van der Waals surface area contributed by atoms with Gasteiger partial charge in [-0.15, -0.1) is 0 Å². The Hall–Kier alpha value is -4.58. The van der Waals surface area contributed by atoms with Gasteiger partial charge in [0.2, 0.25) is 0 Å². The van der Waals surface area contributed by atoms with E-state index in [0.29, 0.717) is 11.5 Å². The molecule has 0 unspecified atom stereocenters. The molecule has 4 aromatic carbocycles. The van der Waals surface area contributed by atoms with Gasteiger partial charge in [0.15, 0.2) is 13.2 Å². The summed E-state index contributed by atoms with van der Waals surface area (Å²) >= 11 is 0. The predicted molar refractivity (Wildman–Crippen MR) is 149 cm³/mol. The fourth-order valence-corrected chi connectivity index (χ4v) is 6.08. The van der Waals surface area contributed by atoms with Crippen LogP contribution in [0.25, 0.3) is 11.1 Å². The van der Waals surface area contributed by atoms with Crippen molar-refractivity contribution in [3.63, 3.8) is 0 Å². The molecule has 0 aliphatic heterocycles. The van der Waals surface area contributed by atoms with Gasteiger partial charge in [-0.1, -0.05) is 72.8 Å². The smallest absolute Gasteiger partial charge is 0.341 e. The number of carbonyl (C=O) groups is 2. The highest BCUT2D eigenvalue weighted by Crippen LogP contribution is 2.57. The highest BCUT2D eigenvalue weighted by atomic mass is 16.5. The maximum atomic E-state index is 11.2. The van der Waals surface area contributed by atoms with Gasteiger partial charge in [-0.2, -0.15) is 0 Å². The van der Waals surface area contributed by atoms with Crippen molar-refractivity contribution >= 4 is 11.9 Å². The van der Waals surface area contributed by atoms with E-state index in [1.54, 1.807) is 0 Å². The molecule has 0 bridgehead atoms. The maximum absolute atomic E-state index is 11.2. The Balaban J connectivity index is 1.82. The summed E-state index contributed by atoms with van der Waals surface area (Å²) in [6.07, 6.45) is 0. The summed E-state index contributed by atoms with van der Waals surface area (Å²) in [4.78, 5) is 22.4. The minimum Gasteiger partial charge on any atom is -0.481 e. The second-order valence-corrected chi connectivity index (χ2v) is 10.1. The molecule has 2 N–H and O–H groups in total. The average Bonchev–Trinajstić information content (AvgIpc) is 3.18. The Morgan fingerprint density at radius 2 is 0.949 bits per heavy atom. The van der Waals surface area contributed by atoms with Crippen molar-refractivity contribution in [1.29, 1.82) is 0 Å². The number of hydrogen-bond donors (Lipinski definition) is 2. The molecule has 39 heavy (non-hydrogen) atoms. The van der Waals surface area contributed by atoms with Crippen molar-refractivity contribution in [3.8, 4) is 22.6 Å². The Kier molecular flexibility index (Phi) is 6.64. The van der Waals surface area contributed by atoms with Crippen molar-refractivity contribution in [2.75, 3.05) is 13.2 Å². The van der Waals surface area contributed by atoms with Gasteiger partial charge in [0.25, 0.3) is 0 Å². The fraction of sp³-hybridized carbons (Fsp3) is 0.212. The maximum Gasteiger partial charge on any atom is 0.341 e. The molecule has 1 aliphatic carbocycles. The minimum atomic E-state index is -1.02. The monoisotopic (exact) mass is 522 g/mol. The zero-order valence-corrected chi connectivity index (χ0v) is 22.4. The van der Waals surface area contributed by atoms with Crippen LogP contribution in [0.2, 0.25) is 0 Å². The Morgan fingerprint density at radius 1 is 0.615 bits per heavy atom. The number of fused-ring (bicyclic) bond motifs is 3. The summed E-state index contributed by atoms with van der Waals surface area (Å²) in [6, 6.07) is 25.1. The van der Waals surface area contributed by atoms with Gasteiger partial charge in [-0.3, -0.25) is 0 Å². The largest absolute Gasteiger partial charge is 0.481 e. The normalized spacial score (nSPS) is 12.9. The first-order valence-corrected chi connectivity index (χ1v) is 12.8. The van der Waals surface area contributed by atoms with E-state index >= 15 is 0 Å². The van der Waals surface area contributed by atoms with Crippen LogP contribution in [0.4, 0.5) is 0 Å². The van der Waals surface area contributed by atoms with Crippen molar-refractivity contribution in [2.45, 2.75) is 33.1 Å². The standard InChI is InChI=1S/C33H30O6/c1-19-13-23(14-20(2)31(19)38-17-29(34)35)33(24-15-21(3)32(22(4)16-24)39-18-30(36)37)27-11-7-5-9-25(27)26-10-6-8-12-28(26)33/h5-16H,17-18H2,1-4H3,(H,34,35)(H,36,37). The number of rotatable bonds is 8. The summed E-state index contributed by atoms with van der Waals surface area (Å²) in [5.41, 5.74) is 9.38. The van der Waals surface area contributed by atoms with Crippen molar-refractivity contribution < 1.29 is 29.3 Å². The van der Waals surface area contributed by atoms with Gasteiger partial charge in [-0.05, 0) is 83.3 Å². The van der Waals surface area contributed by atoms with Crippen molar-refractivity contribution in [1.82, 2.24) is 0 Å². The van der Waals surface area contributed by atoms with Gasteiger partial charge in [0.1, 0.15) is 11.5 Å². The average molecular weight is 523 g/mol. The molecule has 0 radical (unpaired) electrons. The lowest BCUT2D eigenvalue weighted by Crippen LogP contribution is -2.29. The Bertz CT molecular complexity index is 1450. The van der Waals surface area contributed by atoms with Crippen LogP contribution in [-0.2, 0) is 15.0 Å². The van der Waals surface area contributed by atoms with Gasteiger partial charge >= 0.3 is 11.9 Å². The van der Waals surface area contributed by atoms with E-state index < -0.39 is 30.6 Å². The first kappa shape index (κ1) is 26.0. The van der Waals surface area contributed by atoms with Crippen LogP contribution in [-0.4, -0.2) is 35.4 Å². The fourth-order valence-electron chi connectivity index (χ4n) is 6.08. The van der Waals surface area contributed by atoms with Gasteiger partial charge in [0, 0.05) is 0 Å². The van der Waals surface area contributed by atoms with Crippen LogP contribution in [0.15, 0.2) is 72.8 Å². The zero-order chi connectivity index (χ0) is 27.9. The summed E-state index contributed by atoms with van der Waals surface area (Å²) < 4.78 is 11.3. The third-order valence-corrected chi connectivity index (χ3v) is 7.42. The molecule has 0 fully saturated rings. The van der Waals surface area contributed by atoms with E-state index in [4.69, 9.17) is 19.7 Å². The Morgan fingerprint density at radius 3 is 1.28 bits per heavy atom. The molecule has 0 heterocycles. The van der Waals surface area contributed by atoms with E-state index in [0.717, 1.165) is 55.6 Å². The molecule has 6 nitrogen and oxygen atoms in total. The number of ether oxygens (including phenoxy) is 2. The number of hydrogen-bond acceptors (Lipinski definition) is 4. The number of carboxylic acids is 2. The van der Waals surface area contributed by atoms with Crippen LogP contribution in [0, 0.1) is 27.7 Å². The van der Waals surface area contributed by atoms with E-state index in [-0.39, 0.29) is 0 Å². The van der Waals surface area contributed by atoms with E-state index in [2.05, 4.69) is 48.5 Å². The van der Waals surface area contributed by atoms with E-state index in [9.17, 15) is 9.59 Å². The molecule has 198 valence electrons. The highest BCUT2D eigenvalue weighted by Gasteiger charge is 2.46.